The Balaban J connectivity index is 1.96. The summed E-state index contributed by atoms with van der Waals surface area (Å²) in [7, 11) is 0. The van der Waals surface area contributed by atoms with Crippen molar-refractivity contribution in [2.75, 3.05) is 0 Å². The monoisotopic (exact) mass is 275 g/mol. The SMILES string of the molecule is C/C(=C\C(=O)c1ccc(Cl)cc1)NCc1ccco1. The van der Waals surface area contributed by atoms with E-state index in [-0.39, 0.29) is 5.78 Å². The van der Waals surface area contributed by atoms with Crippen molar-refractivity contribution in [2.45, 2.75) is 13.5 Å². The molecule has 0 bridgehead atoms. The Morgan fingerprint density at radius 3 is 2.68 bits per heavy atom. The first-order valence-electron chi connectivity index (χ1n) is 5.89. The fourth-order valence-corrected chi connectivity index (χ4v) is 1.71. The molecule has 19 heavy (non-hydrogen) atoms. The lowest BCUT2D eigenvalue weighted by molar-refractivity contribution is 0.104. The highest BCUT2D eigenvalue weighted by Crippen LogP contribution is 2.11. The van der Waals surface area contributed by atoms with Crippen molar-refractivity contribution in [2.24, 2.45) is 0 Å². The van der Waals surface area contributed by atoms with Gasteiger partial charge in [-0.1, -0.05) is 11.6 Å². The number of furan rings is 1. The lowest BCUT2D eigenvalue weighted by atomic mass is 10.1. The number of nitrogens with one attached hydrogen (secondary N) is 1. The molecule has 0 aliphatic carbocycles. The molecule has 3 nitrogen and oxygen atoms in total. The number of halogens is 1. The van der Waals surface area contributed by atoms with Gasteiger partial charge in [-0.25, -0.2) is 0 Å². The second kappa shape index (κ2) is 6.25. The number of hydrogen-bond acceptors (Lipinski definition) is 3. The Bertz CT molecular complexity index is 571. The van der Waals surface area contributed by atoms with Crippen LogP contribution in [-0.2, 0) is 6.54 Å². The molecule has 0 saturated carbocycles. The highest BCUT2D eigenvalue weighted by molar-refractivity contribution is 6.30. The van der Waals surface area contributed by atoms with Crippen molar-refractivity contribution in [3.8, 4) is 0 Å². The molecule has 0 saturated heterocycles. The van der Waals surface area contributed by atoms with Crippen LogP contribution >= 0.6 is 11.6 Å². The van der Waals surface area contributed by atoms with Crippen LogP contribution in [0.2, 0.25) is 5.02 Å². The van der Waals surface area contributed by atoms with Gasteiger partial charge in [-0.2, -0.15) is 0 Å². The second-order valence-electron chi connectivity index (χ2n) is 4.13. The maximum atomic E-state index is 11.9. The standard InChI is InChI=1S/C15H14ClNO2/c1-11(17-10-14-3-2-8-19-14)9-15(18)12-4-6-13(16)7-5-12/h2-9,17H,10H2,1H3/b11-9+. The van der Waals surface area contributed by atoms with Crippen molar-refractivity contribution in [1.29, 1.82) is 0 Å². The largest absolute Gasteiger partial charge is 0.467 e. The predicted molar refractivity (Wildman–Crippen MR) is 75.1 cm³/mol. The molecule has 0 radical (unpaired) electrons. The summed E-state index contributed by atoms with van der Waals surface area (Å²) < 4.78 is 5.20. The molecule has 2 aromatic rings. The Hall–Kier alpha value is -2.00. The van der Waals surface area contributed by atoms with E-state index >= 15 is 0 Å². The van der Waals surface area contributed by atoms with Crippen molar-refractivity contribution in [1.82, 2.24) is 5.32 Å². The van der Waals surface area contributed by atoms with E-state index in [0.29, 0.717) is 17.1 Å². The van der Waals surface area contributed by atoms with Crippen LogP contribution in [0.4, 0.5) is 0 Å². The number of hydrogen-bond donors (Lipinski definition) is 1. The van der Waals surface area contributed by atoms with Crippen LogP contribution in [0.5, 0.6) is 0 Å². The fourth-order valence-electron chi connectivity index (χ4n) is 1.58. The van der Waals surface area contributed by atoms with E-state index in [0.717, 1.165) is 11.5 Å². The third-order valence-corrected chi connectivity index (χ3v) is 2.85. The predicted octanol–water partition coefficient (Wildman–Crippen LogP) is 3.81. The maximum absolute atomic E-state index is 11.9. The number of ketones is 1. The average molecular weight is 276 g/mol. The Labute approximate surface area is 116 Å². The van der Waals surface area contributed by atoms with Gasteiger partial charge in [0, 0.05) is 22.4 Å². The summed E-state index contributed by atoms with van der Waals surface area (Å²) in [5.74, 6) is 0.771. The highest BCUT2D eigenvalue weighted by atomic mass is 35.5. The molecule has 0 aliphatic heterocycles. The average Bonchev–Trinajstić information content (AvgIpc) is 2.90. The van der Waals surface area contributed by atoms with Crippen LogP contribution in [0.15, 0.2) is 58.9 Å². The zero-order chi connectivity index (χ0) is 13.7. The van der Waals surface area contributed by atoms with E-state index in [2.05, 4.69) is 5.32 Å². The summed E-state index contributed by atoms with van der Waals surface area (Å²) in [4.78, 5) is 11.9. The van der Waals surface area contributed by atoms with Gasteiger partial charge in [-0.05, 0) is 43.3 Å². The minimum Gasteiger partial charge on any atom is -0.467 e. The minimum absolute atomic E-state index is 0.0545. The smallest absolute Gasteiger partial charge is 0.187 e. The zero-order valence-electron chi connectivity index (χ0n) is 10.5. The number of carbonyl (C=O) groups is 1. The topological polar surface area (TPSA) is 42.2 Å². The lowest BCUT2D eigenvalue weighted by Gasteiger charge is -2.04. The molecule has 0 aliphatic rings. The minimum atomic E-state index is -0.0545. The number of rotatable bonds is 5. The van der Waals surface area contributed by atoms with Crippen LogP contribution in [-0.4, -0.2) is 5.78 Å². The van der Waals surface area contributed by atoms with E-state index in [1.165, 1.54) is 0 Å². The van der Waals surface area contributed by atoms with Crippen LogP contribution in [0.1, 0.15) is 23.0 Å². The molecule has 2 rings (SSSR count). The molecule has 0 fully saturated rings. The molecule has 1 heterocycles. The normalized spacial score (nSPS) is 11.4. The Kier molecular flexibility index (Phi) is 4.42. The lowest BCUT2D eigenvalue weighted by Crippen LogP contribution is -2.11. The maximum Gasteiger partial charge on any atom is 0.187 e. The van der Waals surface area contributed by atoms with Gasteiger partial charge in [-0.3, -0.25) is 4.79 Å². The summed E-state index contributed by atoms with van der Waals surface area (Å²) in [5.41, 5.74) is 1.40. The Morgan fingerprint density at radius 1 is 1.32 bits per heavy atom. The van der Waals surface area contributed by atoms with E-state index < -0.39 is 0 Å². The van der Waals surface area contributed by atoms with Gasteiger partial charge in [0.25, 0.3) is 0 Å². The summed E-state index contributed by atoms with van der Waals surface area (Å²) in [6, 6.07) is 10.5. The van der Waals surface area contributed by atoms with E-state index in [9.17, 15) is 4.79 Å². The van der Waals surface area contributed by atoms with Gasteiger partial charge in [0.2, 0.25) is 0 Å². The molecular weight excluding hydrogens is 262 g/mol. The number of carbonyl (C=O) groups excluding carboxylic acids is 1. The molecule has 0 amide bonds. The molecule has 98 valence electrons. The highest BCUT2D eigenvalue weighted by Gasteiger charge is 2.03. The van der Waals surface area contributed by atoms with E-state index in [4.69, 9.17) is 16.0 Å². The van der Waals surface area contributed by atoms with Crippen molar-refractivity contribution in [3.05, 3.63) is 70.8 Å². The third kappa shape index (κ3) is 4.00. The van der Waals surface area contributed by atoms with Crippen LogP contribution < -0.4 is 5.32 Å². The molecule has 1 aromatic heterocycles. The molecule has 1 aromatic carbocycles. The molecule has 4 heteroatoms. The van der Waals surface area contributed by atoms with Crippen LogP contribution in [0.25, 0.3) is 0 Å². The van der Waals surface area contributed by atoms with Crippen LogP contribution in [0.3, 0.4) is 0 Å². The van der Waals surface area contributed by atoms with Crippen molar-refractivity contribution < 1.29 is 9.21 Å². The first kappa shape index (κ1) is 13.4. The van der Waals surface area contributed by atoms with Gasteiger partial charge < -0.3 is 9.73 Å². The first-order chi connectivity index (χ1) is 9.15. The summed E-state index contributed by atoms with van der Waals surface area (Å²) >= 11 is 5.78. The number of benzene rings is 1. The van der Waals surface area contributed by atoms with Gasteiger partial charge in [0.15, 0.2) is 5.78 Å². The molecule has 0 atom stereocenters. The third-order valence-electron chi connectivity index (χ3n) is 2.60. The van der Waals surface area contributed by atoms with Crippen molar-refractivity contribution in [3.63, 3.8) is 0 Å². The first-order valence-corrected chi connectivity index (χ1v) is 6.27. The molecule has 0 unspecified atom stereocenters. The quantitative estimate of drug-likeness (QED) is 0.666. The van der Waals surface area contributed by atoms with Gasteiger partial charge >= 0.3 is 0 Å². The second-order valence-corrected chi connectivity index (χ2v) is 4.57. The summed E-state index contributed by atoms with van der Waals surface area (Å²) in [6.45, 7) is 2.40. The van der Waals surface area contributed by atoms with Crippen LogP contribution in [0, 0.1) is 0 Å². The Morgan fingerprint density at radius 2 is 2.05 bits per heavy atom. The fraction of sp³-hybridized carbons (Fsp3) is 0.133. The summed E-state index contributed by atoms with van der Waals surface area (Å²) in [5, 5.41) is 3.74. The molecular formula is C15H14ClNO2. The number of allylic oxidation sites excluding steroid dienone is 2. The van der Waals surface area contributed by atoms with Crippen molar-refractivity contribution >= 4 is 17.4 Å². The molecule has 1 N–H and O–H groups in total. The van der Waals surface area contributed by atoms with E-state index in [1.807, 2.05) is 19.1 Å². The van der Waals surface area contributed by atoms with Gasteiger partial charge in [0.05, 0.1) is 12.8 Å². The summed E-state index contributed by atoms with van der Waals surface area (Å²) in [6.07, 6.45) is 3.18. The van der Waals surface area contributed by atoms with Gasteiger partial charge in [0.1, 0.15) is 5.76 Å². The van der Waals surface area contributed by atoms with Gasteiger partial charge in [-0.15, -0.1) is 0 Å². The zero-order valence-corrected chi connectivity index (χ0v) is 11.3. The van der Waals surface area contributed by atoms with E-state index in [1.54, 1.807) is 36.6 Å². The molecule has 0 spiro atoms.